The van der Waals surface area contributed by atoms with E-state index in [0.29, 0.717) is 0 Å². The SMILES string of the molecule is C=Cc1ccc(N(C)c2cccc(C=CC)c2C)cc1. The Morgan fingerprint density at radius 2 is 1.75 bits per heavy atom. The first-order valence-corrected chi connectivity index (χ1v) is 6.86. The molecule has 0 spiro atoms. The number of hydrogen-bond acceptors (Lipinski definition) is 1. The van der Waals surface area contributed by atoms with Crippen LogP contribution in [0.5, 0.6) is 0 Å². The van der Waals surface area contributed by atoms with E-state index in [1.165, 1.54) is 22.5 Å². The van der Waals surface area contributed by atoms with Crippen LogP contribution < -0.4 is 4.90 Å². The lowest BCUT2D eigenvalue weighted by Gasteiger charge is -2.22. The Hall–Kier alpha value is -2.28. The van der Waals surface area contributed by atoms with Gasteiger partial charge in [-0.1, -0.05) is 49.1 Å². The zero-order valence-electron chi connectivity index (χ0n) is 12.4. The molecule has 0 N–H and O–H groups in total. The van der Waals surface area contributed by atoms with Crippen molar-refractivity contribution in [3.05, 3.63) is 71.8 Å². The summed E-state index contributed by atoms with van der Waals surface area (Å²) in [6, 6.07) is 14.8. The van der Waals surface area contributed by atoms with Gasteiger partial charge in [0.05, 0.1) is 0 Å². The fourth-order valence-electron chi connectivity index (χ4n) is 2.34. The molecule has 102 valence electrons. The van der Waals surface area contributed by atoms with E-state index in [0.717, 1.165) is 5.56 Å². The van der Waals surface area contributed by atoms with E-state index in [9.17, 15) is 0 Å². The molecule has 0 amide bonds. The molecule has 0 saturated heterocycles. The predicted octanol–water partition coefficient (Wildman–Crippen LogP) is 5.44. The van der Waals surface area contributed by atoms with E-state index < -0.39 is 0 Å². The summed E-state index contributed by atoms with van der Waals surface area (Å²) in [6.45, 7) is 8.00. The molecule has 0 aliphatic rings. The smallest absolute Gasteiger partial charge is 0.0443 e. The van der Waals surface area contributed by atoms with E-state index in [-0.39, 0.29) is 0 Å². The van der Waals surface area contributed by atoms with Gasteiger partial charge >= 0.3 is 0 Å². The molecule has 0 atom stereocenters. The van der Waals surface area contributed by atoms with Crippen LogP contribution in [0, 0.1) is 6.92 Å². The molecule has 2 aromatic rings. The molecule has 0 aliphatic carbocycles. The van der Waals surface area contributed by atoms with E-state index in [1.807, 2.05) is 13.0 Å². The molecule has 0 fully saturated rings. The van der Waals surface area contributed by atoms with Gasteiger partial charge in [0, 0.05) is 18.4 Å². The van der Waals surface area contributed by atoms with Crippen LogP contribution in [0.15, 0.2) is 55.1 Å². The van der Waals surface area contributed by atoms with Crippen LogP contribution in [-0.2, 0) is 0 Å². The topological polar surface area (TPSA) is 3.24 Å². The van der Waals surface area contributed by atoms with Crippen LogP contribution in [0.4, 0.5) is 11.4 Å². The normalized spacial score (nSPS) is 10.8. The maximum atomic E-state index is 3.79. The molecule has 1 nitrogen and oxygen atoms in total. The summed E-state index contributed by atoms with van der Waals surface area (Å²) < 4.78 is 0. The lowest BCUT2D eigenvalue weighted by Crippen LogP contribution is -2.11. The third-order valence-corrected chi connectivity index (χ3v) is 3.57. The van der Waals surface area contributed by atoms with Gasteiger partial charge in [-0.3, -0.25) is 0 Å². The fourth-order valence-corrected chi connectivity index (χ4v) is 2.34. The quantitative estimate of drug-likeness (QED) is 0.710. The second-order valence-corrected chi connectivity index (χ2v) is 4.85. The monoisotopic (exact) mass is 263 g/mol. The van der Waals surface area contributed by atoms with Gasteiger partial charge in [0.15, 0.2) is 0 Å². The van der Waals surface area contributed by atoms with Crippen molar-refractivity contribution in [3.63, 3.8) is 0 Å². The first kappa shape index (κ1) is 14.1. The first-order chi connectivity index (χ1) is 9.67. The van der Waals surface area contributed by atoms with Gasteiger partial charge in [0.25, 0.3) is 0 Å². The van der Waals surface area contributed by atoms with Gasteiger partial charge in [-0.15, -0.1) is 0 Å². The molecule has 0 saturated carbocycles. The summed E-state index contributed by atoms with van der Waals surface area (Å²) in [6.07, 6.45) is 6.08. The van der Waals surface area contributed by atoms with Crippen molar-refractivity contribution >= 4 is 23.5 Å². The summed E-state index contributed by atoms with van der Waals surface area (Å²) in [5.41, 5.74) is 6.10. The zero-order valence-corrected chi connectivity index (χ0v) is 12.4. The number of anilines is 2. The average Bonchev–Trinajstić information content (AvgIpc) is 2.49. The molecule has 1 heteroatoms. The van der Waals surface area contributed by atoms with Crippen LogP contribution in [-0.4, -0.2) is 7.05 Å². The lowest BCUT2D eigenvalue weighted by molar-refractivity contribution is 1.18. The number of nitrogens with zero attached hydrogens (tertiary/aromatic N) is 1. The van der Waals surface area contributed by atoms with Gasteiger partial charge in [-0.05, 0) is 48.7 Å². The Morgan fingerprint density at radius 1 is 1.05 bits per heavy atom. The highest BCUT2D eigenvalue weighted by Gasteiger charge is 2.08. The summed E-state index contributed by atoms with van der Waals surface area (Å²) in [5.74, 6) is 0. The molecule has 0 unspecified atom stereocenters. The van der Waals surface area contributed by atoms with Crippen molar-refractivity contribution in [2.45, 2.75) is 13.8 Å². The average molecular weight is 263 g/mol. The number of hydrogen-bond donors (Lipinski definition) is 0. The largest absolute Gasteiger partial charge is 0.344 e. The van der Waals surface area contributed by atoms with Gasteiger partial charge in [-0.25, -0.2) is 0 Å². The highest BCUT2D eigenvalue weighted by atomic mass is 15.1. The second-order valence-electron chi connectivity index (χ2n) is 4.85. The van der Waals surface area contributed by atoms with Crippen molar-refractivity contribution in [1.29, 1.82) is 0 Å². The van der Waals surface area contributed by atoms with Crippen LogP contribution in [0.3, 0.4) is 0 Å². The highest BCUT2D eigenvalue weighted by molar-refractivity contribution is 5.71. The Balaban J connectivity index is 2.39. The molecule has 0 bridgehead atoms. The number of benzene rings is 2. The third-order valence-electron chi connectivity index (χ3n) is 3.57. The zero-order chi connectivity index (χ0) is 14.5. The van der Waals surface area contributed by atoms with Gasteiger partial charge in [-0.2, -0.15) is 0 Å². The molecule has 2 aromatic carbocycles. The Morgan fingerprint density at radius 3 is 2.35 bits per heavy atom. The summed E-state index contributed by atoms with van der Waals surface area (Å²) in [4.78, 5) is 2.22. The Labute approximate surface area is 121 Å². The summed E-state index contributed by atoms with van der Waals surface area (Å²) in [5, 5.41) is 0. The molecular weight excluding hydrogens is 242 g/mol. The molecular formula is C19H21N. The first-order valence-electron chi connectivity index (χ1n) is 6.86. The van der Waals surface area contributed by atoms with Crippen molar-refractivity contribution in [3.8, 4) is 0 Å². The maximum Gasteiger partial charge on any atom is 0.0443 e. The van der Waals surface area contributed by atoms with Crippen molar-refractivity contribution in [2.75, 3.05) is 11.9 Å². The fraction of sp³-hybridized carbons (Fsp3) is 0.158. The van der Waals surface area contributed by atoms with Crippen molar-refractivity contribution in [1.82, 2.24) is 0 Å². The van der Waals surface area contributed by atoms with Crippen LogP contribution in [0.2, 0.25) is 0 Å². The predicted molar refractivity (Wildman–Crippen MR) is 90.5 cm³/mol. The lowest BCUT2D eigenvalue weighted by atomic mass is 10.0. The standard InChI is InChI=1S/C19H21N/c1-5-8-17-9-7-10-19(15(17)3)20(4)18-13-11-16(6-2)12-14-18/h5-14H,2H2,1,3-4H3. The minimum Gasteiger partial charge on any atom is -0.344 e. The Bertz CT molecular complexity index is 621. The van der Waals surface area contributed by atoms with Crippen LogP contribution in [0.25, 0.3) is 12.2 Å². The van der Waals surface area contributed by atoms with Crippen molar-refractivity contribution in [2.24, 2.45) is 0 Å². The number of allylic oxidation sites excluding steroid dienone is 1. The Kier molecular flexibility index (Phi) is 4.41. The number of rotatable bonds is 4. The van der Waals surface area contributed by atoms with Crippen LogP contribution >= 0.6 is 0 Å². The molecule has 0 radical (unpaired) electrons. The van der Waals surface area contributed by atoms with E-state index in [1.54, 1.807) is 0 Å². The molecule has 20 heavy (non-hydrogen) atoms. The van der Waals surface area contributed by atoms with Crippen LogP contribution in [0.1, 0.15) is 23.6 Å². The summed E-state index contributed by atoms with van der Waals surface area (Å²) in [7, 11) is 2.10. The van der Waals surface area contributed by atoms with E-state index in [2.05, 4.69) is 80.1 Å². The minimum atomic E-state index is 1.14. The van der Waals surface area contributed by atoms with Gasteiger partial charge in [0.2, 0.25) is 0 Å². The van der Waals surface area contributed by atoms with E-state index >= 15 is 0 Å². The minimum absolute atomic E-state index is 1.14. The van der Waals surface area contributed by atoms with E-state index in [4.69, 9.17) is 0 Å². The molecule has 0 aliphatic heterocycles. The maximum absolute atomic E-state index is 3.79. The van der Waals surface area contributed by atoms with Gasteiger partial charge < -0.3 is 4.90 Å². The van der Waals surface area contributed by atoms with Gasteiger partial charge in [0.1, 0.15) is 0 Å². The summed E-state index contributed by atoms with van der Waals surface area (Å²) >= 11 is 0. The highest BCUT2D eigenvalue weighted by Crippen LogP contribution is 2.29. The third kappa shape index (κ3) is 2.83. The molecule has 2 rings (SSSR count). The second kappa shape index (κ2) is 6.25. The molecule has 0 aromatic heterocycles. The van der Waals surface area contributed by atoms with Crippen molar-refractivity contribution < 1.29 is 0 Å². The molecule has 0 heterocycles.